The van der Waals surface area contributed by atoms with Gasteiger partial charge in [0.2, 0.25) is 0 Å². The van der Waals surface area contributed by atoms with Gasteiger partial charge < -0.3 is 54.0 Å². The van der Waals surface area contributed by atoms with E-state index in [2.05, 4.69) is 0 Å². The number of rotatable bonds is 0. The van der Waals surface area contributed by atoms with E-state index >= 15 is 0 Å². The molecule has 0 saturated carbocycles. The molecule has 0 saturated heterocycles. The Hall–Kier alpha value is 3.89. The molecular weight excluding hydrogens is 419 g/mol. The van der Waals surface area contributed by atoms with Gasteiger partial charge in [-0.2, -0.15) is 0 Å². The van der Waals surface area contributed by atoms with E-state index in [1.807, 2.05) is 0 Å². The molecule has 0 amide bonds. The SMILES string of the molecule is [Fe+3].[Ni+2].[Ni+2].[Ni+2].[Ni+2].[S-2].[S-2].[S-2].[S-2]. The molecule has 0 spiro atoms. The van der Waals surface area contributed by atoms with Gasteiger partial charge in [0.05, 0.1) is 0 Å². The molecule has 0 aromatic rings. The molecule has 0 bridgehead atoms. The van der Waals surface area contributed by atoms with Gasteiger partial charge >= 0.3 is 83.0 Å². The van der Waals surface area contributed by atoms with E-state index in [9.17, 15) is 0 Å². The molecule has 9 heavy (non-hydrogen) atoms. The maximum absolute atomic E-state index is 0. The van der Waals surface area contributed by atoms with Gasteiger partial charge in [0.1, 0.15) is 0 Å². The zero-order chi connectivity index (χ0) is 0. The van der Waals surface area contributed by atoms with Crippen molar-refractivity contribution in [3.8, 4) is 0 Å². The van der Waals surface area contributed by atoms with Crippen LogP contribution in [0.15, 0.2) is 0 Å². The Morgan fingerprint density at radius 2 is 0.333 bits per heavy atom. The van der Waals surface area contributed by atoms with Gasteiger partial charge in [-0.3, -0.25) is 0 Å². The first-order valence-corrected chi connectivity index (χ1v) is 0. The van der Waals surface area contributed by atoms with Crippen LogP contribution in [0, 0.1) is 0 Å². The fraction of sp³-hybridized carbons (Fsp3) is 0. The Labute approximate surface area is 135 Å². The van der Waals surface area contributed by atoms with Crippen LogP contribution in [0.5, 0.6) is 0 Å². The summed E-state index contributed by atoms with van der Waals surface area (Å²) in [6.45, 7) is 0. The van der Waals surface area contributed by atoms with Gasteiger partial charge in [-0.1, -0.05) is 0 Å². The molecule has 0 atom stereocenters. The van der Waals surface area contributed by atoms with Crippen LogP contribution in [0.2, 0.25) is 0 Å². The average molecular weight is 419 g/mol. The van der Waals surface area contributed by atoms with Gasteiger partial charge in [-0.15, -0.1) is 0 Å². The summed E-state index contributed by atoms with van der Waals surface area (Å²) < 4.78 is 0. The zero-order valence-corrected chi connectivity index (χ0v) is 11.6. The second-order valence-corrected chi connectivity index (χ2v) is 0. The number of hydrogen-bond donors (Lipinski definition) is 0. The minimum absolute atomic E-state index is 0. The van der Waals surface area contributed by atoms with Crippen LogP contribution in [0.1, 0.15) is 0 Å². The van der Waals surface area contributed by atoms with Crippen molar-refractivity contribution in [2.24, 2.45) is 0 Å². The molecule has 1 radical (unpaired) electrons. The van der Waals surface area contributed by atoms with Crippen LogP contribution in [0.3, 0.4) is 0 Å². The molecule has 0 unspecified atom stereocenters. The van der Waals surface area contributed by atoms with Crippen LogP contribution in [0.4, 0.5) is 0 Å². The molecular formula is FeNi4S4+3. The van der Waals surface area contributed by atoms with Crippen molar-refractivity contribution in [1.82, 2.24) is 0 Å². The fourth-order valence-electron chi connectivity index (χ4n) is 0. The summed E-state index contributed by atoms with van der Waals surface area (Å²) in [6, 6.07) is 0. The van der Waals surface area contributed by atoms with Gasteiger partial charge in [0, 0.05) is 0 Å². The maximum Gasteiger partial charge on any atom is 3.00 e. The summed E-state index contributed by atoms with van der Waals surface area (Å²) in [7, 11) is 0. The molecule has 0 nitrogen and oxygen atoms in total. The first kappa shape index (κ1) is 120. The summed E-state index contributed by atoms with van der Waals surface area (Å²) in [5.74, 6) is 0. The van der Waals surface area contributed by atoms with E-state index in [0.717, 1.165) is 0 Å². The van der Waals surface area contributed by atoms with E-state index in [1.54, 1.807) is 0 Å². The van der Waals surface area contributed by atoms with Crippen molar-refractivity contribution < 1.29 is 83.0 Å². The Kier molecular flexibility index (Phi) is 1240. The Morgan fingerprint density at radius 1 is 0.333 bits per heavy atom. The first-order valence-electron chi connectivity index (χ1n) is 0. The molecule has 0 aromatic heterocycles. The molecule has 0 aliphatic heterocycles. The second-order valence-electron chi connectivity index (χ2n) is 0. The third-order valence-corrected chi connectivity index (χ3v) is 0. The van der Waals surface area contributed by atoms with E-state index in [-0.39, 0.29) is 137 Å². The second kappa shape index (κ2) is 93.1. The molecule has 0 aliphatic carbocycles. The topological polar surface area (TPSA) is 0 Å². The van der Waals surface area contributed by atoms with Crippen molar-refractivity contribution in [2.75, 3.05) is 0 Å². The van der Waals surface area contributed by atoms with Gasteiger partial charge in [-0.25, -0.2) is 0 Å². The summed E-state index contributed by atoms with van der Waals surface area (Å²) in [6.07, 6.45) is 0. The Morgan fingerprint density at radius 3 is 0.333 bits per heavy atom. The molecule has 0 rings (SSSR count). The largest absolute Gasteiger partial charge is 3.00 e. The van der Waals surface area contributed by atoms with Crippen molar-refractivity contribution in [1.29, 1.82) is 0 Å². The van der Waals surface area contributed by atoms with E-state index < -0.39 is 0 Å². The van der Waals surface area contributed by atoms with Crippen molar-refractivity contribution >= 4 is 54.0 Å². The maximum atomic E-state index is 0. The smallest absolute Gasteiger partial charge is 2.00 e. The molecule has 0 aliphatic rings. The fourth-order valence-corrected chi connectivity index (χ4v) is 0. The van der Waals surface area contributed by atoms with Crippen LogP contribution in [-0.4, -0.2) is 0 Å². The average Bonchev–Trinajstić information content (AvgIpc) is 0. The molecule has 0 heterocycles. The normalized spacial score (nSPS) is 0. The minimum Gasteiger partial charge on any atom is -2.00 e. The summed E-state index contributed by atoms with van der Waals surface area (Å²) >= 11 is 0. The minimum atomic E-state index is 0. The third kappa shape index (κ3) is 76.8. The molecule has 69 valence electrons. The van der Waals surface area contributed by atoms with Crippen LogP contribution < -0.4 is 0 Å². The zero-order valence-electron chi connectivity index (χ0n) is 3.25. The Bertz CT molecular complexity index is 12.5. The predicted molar refractivity (Wildman–Crippen MR) is 29.5 cm³/mol. The predicted octanol–water partition coefficient (Wildman–Crippen LogP) is -0.0221. The summed E-state index contributed by atoms with van der Waals surface area (Å²) in [4.78, 5) is 0. The number of hydrogen-bond acceptors (Lipinski definition) is 0. The van der Waals surface area contributed by atoms with Crippen LogP contribution >= 0.6 is 0 Å². The Balaban J connectivity index is 0. The first-order chi connectivity index (χ1) is 0. The standard InChI is InChI=1S/Fe.4Ni.4S/q+3;4*+2;4*-2. The molecule has 0 aromatic carbocycles. The van der Waals surface area contributed by atoms with Gasteiger partial charge in [-0.05, 0) is 0 Å². The van der Waals surface area contributed by atoms with Crippen molar-refractivity contribution in [3.05, 3.63) is 0 Å². The van der Waals surface area contributed by atoms with E-state index in [1.165, 1.54) is 0 Å². The van der Waals surface area contributed by atoms with Gasteiger partial charge in [0.25, 0.3) is 0 Å². The monoisotopic (exact) mass is 416 g/mol. The quantitative estimate of drug-likeness (QED) is 0.485. The molecule has 9 heteroatoms. The summed E-state index contributed by atoms with van der Waals surface area (Å²) in [5, 5.41) is 0. The molecule has 0 N–H and O–H groups in total. The van der Waals surface area contributed by atoms with Crippen molar-refractivity contribution in [2.45, 2.75) is 0 Å². The van der Waals surface area contributed by atoms with Crippen LogP contribution in [-0.2, 0) is 137 Å². The molecule has 0 fully saturated rings. The van der Waals surface area contributed by atoms with E-state index in [0.29, 0.717) is 0 Å². The van der Waals surface area contributed by atoms with Gasteiger partial charge in [0.15, 0.2) is 0 Å². The van der Waals surface area contributed by atoms with Crippen molar-refractivity contribution in [3.63, 3.8) is 0 Å². The van der Waals surface area contributed by atoms with E-state index in [4.69, 9.17) is 0 Å². The summed E-state index contributed by atoms with van der Waals surface area (Å²) in [5.41, 5.74) is 0. The van der Waals surface area contributed by atoms with Crippen LogP contribution in [0.25, 0.3) is 0 Å². The third-order valence-electron chi connectivity index (χ3n) is 0.